The first-order valence-corrected chi connectivity index (χ1v) is 13.6. The van der Waals surface area contributed by atoms with Crippen LogP contribution >= 0.6 is 22.9 Å². The molecule has 4 rings (SSSR count). The van der Waals surface area contributed by atoms with E-state index in [1.165, 1.54) is 43.3 Å². The van der Waals surface area contributed by atoms with Crippen molar-refractivity contribution < 1.29 is 27.5 Å². The van der Waals surface area contributed by atoms with Crippen LogP contribution in [0.2, 0.25) is 4.34 Å². The minimum atomic E-state index is -3.80. The van der Waals surface area contributed by atoms with Gasteiger partial charge in [-0.25, -0.2) is 13.2 Å². The maximum atomic E-state index is 12.6. The predicted octanol–water partition coefficient (Wildman–Crippen LogP) is 6.18. The average molecular weight is 557 g/mol. The molecule has 0 aliphatic heterocycles. The Morgan fingerprint density at radius 1 is 0.865 bits per heavy atom. The number of carbonyl (C=O) groups excluding carboxylic acids is 2. The van der Waals surface area contributed by atoms with Crippen LogP contribution in [0.3, 0.4) is 0 Å². The summed E-state index contributed by atoms with van der Waals surface area (Å²) in [7, 11) is -3.80. The standard InChI is InChI=1S/C26H21ClN2O6S2/c1-17(25(30)28-20-6-5-9-22(16-20)35-21-7-3-2-4-8-21)34-26(31)18-10-12-19(13-11-18)29-37(32,33)24-15-14-23(27)36-24/h2-17,29H,1H3,(H,28,30)/t17-/m1/s1. The molecule has 190 valence electrons. The number of amides is 1. The van der Waals surface area contributed by atoms with Gasteiger partial charge in [-0.15, -0.1) is 11.3 Å². The summed E-state index contributed by atoms with van der Waals surface area (Å²) in [4.78, 5) is 25.1. The summed E-state index contributed by atoms with van der Waals surface area (Å²) >= 11 is 6.74. The van der Waals surface area contributed by atoms with Crippen molar-refractivity contribution in [2.45, 2.75) is 17.2 Å². The fraction of sp³-hybridized carbons (Fsp3) is 0.0769. The molecule has 0 bridgehead atoms. The van der Waals surface area contributed by atoms with Gasteiger partial charge in [-0.2, -0.15) is 0 Å². The van der Waals surface area contributed by atoms with Gasteiger partial charge in [0, 0.05) is 17.4 Å². The van der Waals surface area contributed by atoms with Crippen molar-refractivity contribution in [2.75, 3.05) is 10.0 Å². The van der Waals surface area contributed by atoms with E-state index in [1.807, 2.05) is 30.3 Å². The van der Waals surface area contributed by atoms with Crippen LogP contribution in [0.4, 0.5) is 11.4 Å². The van der Waals surface area contributed by atoms with Gasteiger partial charge in [0.05, 0.1) is 9.90 Å². The van der Waals surface area contributed by atoms with E-state index in [0.717, 1.165) is 11.3 Å². The number of esters is 1. The molecule has 1 atom stereocenters. The van der Waals surface area contributed by atoms with Gasteiger partial charge in [0.2, 0.25) is 0 Å². The van der Waals surface area contributed by atoms with Crippen LogP contribution in [0.1, 0.15) is 17.3 Å². The van der Waals surface area contributed by atoms with Crippen molar-refractivity contribution >= 4 is 56.2 Å². The number of anilines is 2. The Bertz CT molecular complexity index is 1510. The molecule has 0 unspecified atom stereocenters. The topological polar surface area (TPSA) is 111 Å². The van der Waals surface area contributed by atoms with Gasteiger partial charge in [-0.3, -0.25) is 9.52 Å². The summed E-state index contributed by atoms with van der Waals surface area (Å²) in [6.45, 7) is 1.45. The zero-order chi connectivity index (χ0) is 26.4. The van der Waals surface area contributed by atoms with E-state index in [-0.39, 0.29) is 15.5 Å². The first-order chi connectivity index (χ1) is 17.7. The maximum Gasteiger partial charge on any atom is 0.338 e. The van der Waals surface area contributed by atoms with Crippen LogP contribution in [-0.4, -0.2) is 26.4 Å². The van der Waals surface area contributed by atoms with Crippen LogP contribution in [0.5, 0.6) is 11.5 Å². The maximum absolute atomic E-state index is 12.6. The highest BCUT2D eigenvalue weighted by Crippen LogP contribution is 2.27. The Morgan fingerprint density at radius 2 is 1.57 bits per heavy atom. The number of nitrogens with one attached hydrogen (secondary N) is 2. The van der Waals surface area contributed by atoms with E-state index in [9.17, 15) is 18.0 Å². The minimum absolute atomic E-state index is 0.0676. The Morgan fingerprint density at radius 3 is 2.24 bits per heavy atom. The summed E-state index contributed by atoms with van der Waals surface area (Å²) in [6, 6.07) is 24.6. The Labute approximate surface area is 222 Å². The summed E-state index contributed by atoms with van der Waals surface area (Å²) in [5, 5.41) is 2.70. The fourth-order valence-electron chi connectivity index (χ4n) is 3.11. The quantitative estimate of drug-likeness (QED) is 0.238. The smallest absolute Gasteiger partial charge is 0.338 e. The molecule has 8 nitrogen and oxygen atoms in total. The fourth-order valence-corrected chi connectivity index (χ4v) is 5.65. The number of carbonyl (C=O) groups is 2. The zero-order valence-electron chi connectivity index (χ0n) is 19.4. The number of rotatable bonds is 9. The Kier molecular flexibility index (Phi) is 8.12. The van der Waals surface area contributed by atoms with Gasteiger partial charge >= 0.3 is 5.97 Å². The molecule has 2 N–H and O–H groups in total. The molecule has 1 heterocycles. The van der Waals surface area contributed by atoms with Gasteiger partial charge in [0.25, 0.3) is 15.9 Å². The molecular formula is C26H21ClN2O6S2. The Balaban J connectivity index is 1.33. The predicted molar refractivity (Wildman–Crippen MR) is 143 cm³/mol. The monoisotopic (exact) mass is 556 g/mol. The van der Waals surface area contributed by atoms with Gasteiger partial charge < -0.3 is 14.8 Å². The molecule has 0 fully saturated rings. The van der Waals surface area contributed by atoms with Crippen molar-refractivity contribution in [3.63, 3.8) is 0 Å². The van der Waals surface area contributed by atoms with Crippen LogP contribution in [0.15, 0.2) is 95.2 Å². The number of halogens is 1. The second kappa shape index (κ2) is 11.5. The lowest BCUT2D eigenvalue weighted by molar-refractivity contribution is -0.123. The van der Waals surface area contributed by atoms with Gasteiger partial charge in [-0.1, -0.05) is 35.9 Å². The lowest BCUT2D eigenvalue weighted by Crippen LogP contribution is -2.30. The molecule has 0 aliphatic carbocycles. The second-order valence-corrected chi connectivity index (χ2v) is 11.3. The molecule has 1 amide bonds. The highest BCUT2D eigenvalue weighted by atomic mass is 35.5. The van der Waals surface area contributed by atoms with Crippen molar-refractivity contribution in [1.29, 1.82) is 0 Å². The first-order valence-electron chi connectivity index (χ1n) is 10.9. The number of hydrogen-bond donors (Lipinski definition) is 2. The van der Waals surface area contributed by atoms with E-state index in [0.29, 0.717) is 21.5 Å². The minimum Gasteiger partial charge on any atom is -0.457 e. The number of hydrogen-bond acceptors (Lipinski definition) is 7. The SMILES string of the molecule is C[C@@H](OC(=O)c1ccc(NS(=O)(=O)c2ccc(Cl)s2)cc1)C(=O)Nc1cccc(Oc2ccccc2)c1. The van der Waals surface area contributed by atoms with Crippen molar-refractivity contribution in [3.05, 3.63) is 101 Å². The number of para-hydroxylation sites is 1. The van der Waals surface area contributed by atoms with E-state index in [4.69, 9.17) is 21.1 Å². The number of benzene rings is 3. The number of sulfonamides is 1. The van der Waals surface area contributed by atoms with Crippen LogP contribution < -0.4 is 14.8 Å². The summed E-state index contributed by atoms with van der Waals surface area (Å²) in [5.74, 6) is -0.0676. The molecule has 0 saturated heterocycles. The van der Waals surface area contributed by atoms with Crippen LogP contribution in [0, 0.1) is 0 Å². The molecule has 0 spiro atoms. The second-order valence-electron chi connectivity index (χ2n) is 7.72. The normalized spacial score (nSPS) is 11.8. The first kappa shape index (κ1) is 26.2. The van der Waals surface area contributed by atoms with E-state index >= 15 is 0 Å². The van der Waals surface area contributed by atoms with Gasteiger partial charge in [0.1, 0.15) is 15.7 Å². The van der Waals surface area contributed by atoms with Crippen molar-refractivity contribution in [1.82, 2.24) is 0 Å². The van der Waals surface area contributed by atoms with Crippen molar-refractivity contribution in [3.8, 4) is 11.5 Å². The average Bonchev–Trinajstić information content (AvgIpc) is 3.32. The lowest BCUT2D eigenvalue weighted by atomic mass is 10.2. The van der Waals surface area contributed by atoms with Crippen LogP contribution in [-0.2, 0) is 19.6 Å². The highest BCUT2D eigenvalue weighted by molar-refractivity contribution is 7.94. The third kappa shape index (κ3) is 7.10. The van der Waals surface area contributed by atoms with E-state index in [2.05, 4.69) is 10.0 Å². The summed E-state index contributed by atoms with van der Waals surface area (Å²) < 4.78 is 38.7. The summed E-state index contributed by atoms with van der Waals surface area (Å²) in [5.41, 5.74) is 0.884. The molecule has 1 aromatic heterocycles. The molecule has 3 aromatic carbocycles. The molecule has 37 heavy (non-hydrogen) atoms. The molecule has 4 aromatic rings. The molecule has 0 saturated carbocycles. The molecular weight excluding hydrogens is 536 g/mol. The molecule has 0 radical (unpaired) electrons. The number of thiophene rings is 1. The van der Waals surface area contributed by atoms with Crippen LogP contribution in [0.25, 0.3) is 0 Å². The summed E-state index contributed by atoms with van der Waals surface area (Å²) in [6.07, 6.45) is -1.09. The Hall–Kier alpha value is -3.86. The van der Waals surface area contributed by atoms with Crippen molar-refractivity contribution in [2.24, 2.45) is 0 Å². The molecule has 0 aliphatic rings. The zero-order valence-corrected chi connectivity index (χ0v) is 21.8. The largest absolute Gasteiger partial charge is 0.457 e. The van der Waals surface area contributed by atoms with E-state index < -0.39 is 28.0 Å². The molecule has 11 heteroatoms. The third-order valence-electron chi connectivity index (χ3n) is 4.92. The lowest BCUT2D eigenvalue weighted by Gasteiger charge is -2.14. The van der Waals surface area contributed by atoms with Gasteiger partial charge in [-0.05, 0) is 67.6 Å². The van der Waals surface area contributed by atoms with Gasteiger partial charge in [0.15, 0.2) is 6.10 Å². The van der Waals surface area contributed by atoms with E-state index in [1.54, 1.807) is 24.3 Å². The third-order valence-corrected chi connectivity index (χ3v) is 8.02. The number of ether oxygens (including phenoxy) is 2. The highest BCUT2D eigenvalue weighted by Gasteiger charge is 2.20.